The number of benzene rings is 1. The van der Waals surface area contributed by atoms with Gasteiger partial charge in [0.05, 0.1) is 0 Å². The van der Waals surface area contributed by atoms with Gasteiger partial charge in [0.25, 0.3) is 0 Å². The first-order chi connectivity index (χ1) is 15.5. The summed E-state index contributed by atoms with van der Waals surface area (Å²) in [5.74, 6) is 2.02. The van der Waals surface area contributed by atoms with E-state index in [-0.39, 0.29) is 23.9 Å². The lowest BCUT2D eigenvalue weighted by Gasteiger charge is -2.35. The Labute approximate surface area is 197 Å². The smallest absolute Gasteiger partial charge is 0.408 e. The fourth-order valence-electron chi connectivity index (χ4n) is 3.75. The number of terminal acetylenes is 1. The molecule has 1 aliphatic rings. The van der Waals surface area contributed by atoms with Crippen molar-refractivity contribution >= 4 is 17.9 Å². The predicted molar refractivity (Wildman–Crippen MR) is 128 cm³/mol. The van der Waals surface area contributed by atoms with Crippen LogP contribution in [0.5, 0.6) is 0 Å². The quantitative estimate of drug-likeness (QED) is 0.553. The van der Waals surface area contributed by atoms with Gasteiger partial charge in [-0.05, 0) is 65.5 Å². The third-order valence-corrected chi connectivity index (χ3v) is 5.35. The van der Waals surface area contributed by atoms with Crippen molar-refractivity contribution < 1.29 is 19.1 Å². The minimum Gasteiger partial charge on any atom is -0.444 e. The predicted octanol–water partition coefficient (Wildman–Crippen LogP) is 3.92. The average Bonchev–Trinajstić information content (AvgIpc) is 3.55. The first-order valence-electron chi connectivity index (χ1n) is 11.7. The summed E-state index contributed by atoms with van der Waals surface area (Å²) in [6.45, 7) is 10.9. The third kappa shape index (κ3) is 7.52. The number of ether oxygens (including phenoxy) is 1. The lowest BCUT2D eigenvalue weighted by atomic mass is 9.97. The van der Waals surface area contributed by atoms with Gasteiger partial charge in [-0.3, -0.25) is 9.59 Å². The van der Waals surface area contributed by atoms with Crippen LogP contribution in [0.15, 0.2) is 24.3 Å². The molecule has 7 nitrogen and oxygen atoms in total. The van der Waals surface area contributed by atoms with Gasteiger partial charge in [-0.15, -0.1) is 6.42 Å². The van der Waals surface area contributed by atoms with E-state index < -0.39 is 23.8 Å². The Hall–Kier alpha value is -3.01. The summed E-state index contributed by atoms with van der Waals surface area (Å²) < 4.78 is 5.30. The summed E-state index contributed by atoms with van der Waals surface area (Å²) in [5, 5.41) is 5.66. The van der Waals surface area contributed by atoms with E-state index in [1.807, 2.05) is 19.1 Å². The van der Waals surface area contributed by atoms with Crippen molar-refractivity contribution in [1.29, 1.82) is 0 Å². The molecule has 0 radical (unpaired) electrons. The fraction of sp³-hybridized carbons (Fsp3) is 0.577. The fourth-order valence-corrected chi connectivity index (χ4v) is 3.75. The van der Waals surface area contributed by atoms with Crippen LogP contribution in [0.2, 0.25) is 0 Å². The van der Waals surface area contributed by atoms with E-state index in [0.29, 0.717) is 11.1 Å². The second kappa shape index (κ2) is 11.2. The molecule has 3 atom stereocenters. The maximum Gasteiger partial charge on any atom is 0.408 e. The third-order valence-electron chi connectivity index (χ3n) is 5.35. The average molecular weight is 456 g/mol. The normalized spacial score (nSPS) is 16.0. The van der Waals surface area contributed by atoms with Crippen molar-refractivity contribution in [3.8, 4) is 12.3 Å². The molecule has 7 heteroatoms. The van der Waals surface area contributed by atoms with Crippen molar-refractivity contribution in [1.82, 2.24) is 15.5 Å². The summed E-state index contributed by atoms with van der Waals surface area (Å²) in [6.07, 6.45) is 8.38. The molecule has 1 fully saturated rings. The molecule has 33 heavy (non-hydrogen) atoms. The van der Waals surface area contributed by atoms with Crippen LogP contribution in [0.4, 0.5) is 4.79 Å². The molecule has 3 amide bonds. The minimum atomic E-state index is -0.889. The van der Waals surface area contributed by atoms with Crippen molar-refractivity contribution in [3.63, 3.8) is 0 Å². The van der Waals surface area contributed by atoms with Gasteiger partial charge >= 0.3 is 6.09 Å². The molecule has 2 rings (SSSR count). The Morgan fingerprint density at radius 1 is 1.18 bits per heavy atom. The molecule has 0 bridgehead atoms. The Morgan fingerprint density at radius 2 is 1.82 bits per heavy atom. The highest BCUT2D eigenvalue weighted by Crippen LogP contribution is 2.36. The molecule has 180 valence electrons. The standard InChI is InChI=1S/C26H37N3O4/c1-8-12-17(3)27-23(30)22(21-14-11-10-13-19(21)9-2)29(20-15-16-20)24(31)18(4)28-25(32)33-26(5,6)7/h2,10-11,13-14,17-18,20,22H,8,12,15-16H2,1,3-7H3,(H,27,30)(H,28,32). The number of nitrogens with one attached hydrogen (secondary N) is 2. The van der Waals surface area contributed by atoms with Crippen LogP contribution in [0.1, 0.15) is 84.4 Å². The van der Waals surface area contributed by atoms with Crippen LogP contribution >= 0.6 is 0 Å². The highest BCUT2D eigenvalue weighted by Gasteiger charge is 2.43. The zero-order valence-corrected chi connectivity index (χ0v) is 20.6. The van der Waals surface area contributed by atoms with E-state index in [4.69, 9.17) is 11.2 Å². The van der Waals surface area contributed by atoms with E-state index in [9.17, 15) is 14.4 Å². The molecule has 0 spiro atoms. The van der Waals surface area contributed by atoms with E-state index in [1.54, 1.807) is 44.7 Å². The number of carbonyl (C=O) groups is 3. The zero-order valence-electron chi connectivity index (χ0n) is 20.6. The van der Waals surface area contributed by atoms with Crippen LogP contribution in [0.3, 0.4) is 0 Å². The first-order valence-corrected chi connectivity index (χ1v) is 11.7. The summed E-state index contributed by atoms with van der Waals surface area (Å²) in [7, 11) is 0. The molecule has 1 aromatic carbocycles. The highest BCUT2D eigenvalue weighted by atomic mass is 16.6. The van der Waals surface area contributed by atoms with Crippen molar-refractivity contribution in [2.45, 2.75) is 97.0 Å². The largest absolute Gasteiger partial charge is 0.444 e. The minimum absolute atomic E-state index is 0.0449. The Balaban J connectivity index is 2.39. The van der Waals surface area contributed by atoms with Crippen molar-refractivity contribution in [2.75, 3.05) is 0 Å². The number of amides is 3. The van der Waals surface area contributed by atoms with Gasteiger partial charge in [-0.2, -0.15) is 0 Å². The zero-order chi connectivity index (χ0) is 24.8. The number of nitrogens with zero attached hydrogens (tertiary/aromatic N) is 1. The molecule has 0 saturated heterocycles. The molecule has 0 aromatic heterocycles. The van der Waals surface area contributed by atoms with E-state index in [2.05, 4.69) is 23.5 Å². The van der Waals surface area contributed by atoms with Gasteiger partial charge in [0.1, 0.15) is 17.7 Å². The lowest BCUT2D eigenvalue weighted by Crippen LogP contribution is -2.53. The second-order valence-corrected chi connectivity index (χ2v) is 9.68. The Bertz CT molecular complexity index is 896. The Morgan fingerprint density at radius 3 is 2.36 bits per heavy atom. The Kier molecular flexibility index (Phi) is 8.92. The number of alkyl carbamates (subject to hydrolysis) is 1. The first kappa shape index (κ1) is 26.2. The number of rotatable bonds is 9. The monoisotopic (exact) mass is 455 g/mol. The van der Waals surface area contributed by atoms with Gasteiger partial charge in [-0.25, -0.2) is 4.79 Å². The molecule has 1 aliphatic carbocycles. The van der Waals surface area contributed by atoms with Crippen LogP contribution in [0.25, 0.3) is 0 Å². The second-order valence-electron chi connectivity index (χ2n) is 9.68. The topological polar surface area (TPSA) is 87.7 Å². The number of hydrogen-bond donors (Lipinski definition) is 2. The van der Waals surface area contributed by atoms with E-state index >= 15 is 0 Å². The summed E-state index contributed by atoms with van der Waals surface area (Å²) >= 11 is 0. The molecular formula is C26H37N3O4. The molecule has 2 N–H and O–H groups in total. The van der Waals surface area contributed by atoms with Crippen LogP contribution in [0, 0.1) is 12.3 Å². The van der Waals surface area contributed by atoms with E-state index in [0.717, 1.165) is 25.7 Å². The molecule has 1 aromatic rings. The van der Waals surface area contributed by atoms with Crippen LogP contribution in [-0.4, -0.2) is 46.5 Å². The van der Waals surface area contributed by atoms with Gasteiger partial charge in [0.15, 0.2) is 0 Å². The lowest BCUT2D eigenvalue weighted by molar-refractivity contribution is -0.143. The number of carbonyl (C=O) groups excluding carboxylic acids is 3. The summed E-state index contributed by atoms with van der Waals surface area (Å²) in [4.78, 5) is 41.0. The SMILES string of the molecule is C#Cc1ccccc1C(C(=O)NC(C)CCC)N(C(=O)C(C)NC(=O)OC(C)(C)C)C1CC1. The molecular weight excluding hydrogens is 418 g/mol. The molecule has 3 unspecified atom stereocenters. The van der Waals surface area contributed by atoms with Gasteiger partial charge in [0, 0.05) is 17.6 Å². The molecule has 1 saturated carbocycles. The molecule has 0 heterocycles. The maximum atomic E-state index is 13.6. The summed E-state index contributed by atoms with van der Waals surface area (Å²) in [6, 6.07) is 5.27. The molecule has 0 aliphatic heterocycles. The maximum absolute atomic E-state index is 13.6. The van der Waals surface area contributed by atoms with Crippen molar-refractivity contribution in [3.05, 3.63) is 35.4 Å². The van der Waals surface area contributed by atoms with Gasteiger partial charge < -0.3 is 20.3 Å². The van der Waals surface area contributed by atoms with Crippen LogP contribution in [-0.2, 0) is 14.3 Å². The van der Waals surface area contributed by atoms with E-state index in [1.165, 1.54) is 0 Å². The summed E-state index contributed by atoms with van der Waals surface area (Å²) in [5.41, 5.74) is 0.477. The van der Waals surface area contributed by atoms with Crippen molar-refractivity contribution in [2.24, 2.45) is 0 Å². The van der Waals surface area contributed by atoms with Gasteiger partial charge in [0.2, 0.25) is 11.8 Å². The number of hydrogen-bond acceptors (Lipinski definition) is 4. The van der Waals surface area contributed by atoms with Crippen LogP contribution < -0.4 is 10.6 Å². The van der Waals surface area contributed by atoms with Gasteiger partial charge in [-0.1, -0.05) is 37.5 Å². The highest BCUT2D eigenvalue weighted by molar-refractivity contribution is 5.92.